The lowest BCUT2D eigenvalue weighted by Gasteiger charge is -2.25. The molecule has 1 aliphatic carbocycles. The van der Waals surface area contributed by atoms with E-state index in [9.17, 15) is 0 Å². The van der Waals surface area contributed by atoms with Crippen molar-refractivity contribution in [2.45, 2.75) is 45.3 Å². The average molecular weight is 287 g/mol. The first-order valence-corrected chi connectivity index (χ1v) is 8.29. The molecule has 2 atom stereocenters. The number of aryl methyl sites for hydroxylation is 1. The van der Waals surface area contributed by atoms with E-state index in [0.29, 0.717) is 6.04 Å². The molecule has 0 bridgehead atoms. The maximum atomic E-state index is 3.67. The van der Waals surface area contributed by atoms with Gasteiger partial charge in [-0.25, -0.2) is 0 Å². The number of likely N-dealkylation sites (N-methyl/N-ethyl adjacent to an activating group) is 1. The molecule has 2 unspecified atom stereocenters. The highest BCUT2D eigenvalue weighted by molar-refractivity contribution is 5.56. The fourth-order valence-corrected chi connectivity index (χ4v) is 3.52. The molecule has 1 N–H and O–H groups in total. The largest absolute Gasteiger partial charge is 0.369 e. The van der Waals surface area contributed by atoms with Gasteiger partial charge < -0.3 is 15.1 Å². The third kappa shape index (κ3) is 3.41. The van der Waals surface area contributed by atoms with Crippen molar-refractivity contribution in [3.8, 4) is 0 Å². The molecule has 2 aliphatic rings. The molecule has 116 valence electrons. The van der Waals surface area contributed by atoms with Crippen LogP contribution in [-0.4, -0.2) is 44.2 Å². The zero-order valence-corrected chi connectivity index (χ0v) is 13.9. The zero-order chi connectivity index (χ0) is 15.0. The van der Waals surface area contributed by atoms with Crippen LogP contribution in [0.25, 0.3) is 0 Å². The molecule has 0 radical (unpaired) electrons. The first kappa shape index (κ1) is 14.9. The van der Waals surface area contributed by atoms with Crippen molar-refractivity contribution in [1.29, 1.82) is 0 Å². The maximum Gasteiger partial charge on any atom is 0.0412 e. The molecule has 0 aromatic heterocycles. The minimum absolute atomic E-state index is 0.663. The molecule has 1 aliphatic heterocycles. The van der Waals surface area contributed by atoms with Crippen LogP contribution < -0.4 is 10.2 Å². The van der Waals surface area contributed by atoms with Crippen LogP contribution in [0.1, 0.15) is 30.9 Å². The van der Waals surface area contributed by atoms with Gasteiger partial charge in [-0.1, -0.05) is 24.6 Å². The number of anilines is 1. The van der Waals surface area contributed by atoms with E-state index in [4.69, 9.17) is 0 Å². The lowest BCUT2D eigenvalue weighted by Crippen LogP contribution is -2.34. The van der Waals surface area contributed by atoms with Gasteiger partial charge >= 0.3 is 0 Å². The molecule has 3 rings (SSSR count). The Bertz CT molecular complexity index is 493. The second kappa shape index (κ2) is 5.98. The van der Waals surface area contributed by atoms with Crippen molar-refractivity contribution in [3.63, 3.8) is 0 Å². The molecule has 3 heteroatoms. The molecule has 1 saturated carbocycles. The highest BCUT2D eigenvalue weighted by Crippen LogP contribution is 2.30. The highest BCUT2D eigenvalue weighted by atomic mass is 15.2. The number of nitrogens with zero attached hydrogens (tertiary/aromatic N) is 2. The molecule has 0 spiro atoms. The van der Waals surface area contributed by atoms with Crippen LogP contribution in [0.4, 0.5) is 5.69 Å². The van der Waals surface area contributed by atoms with Crippen molar-refractivity contribution >= 4 is 5.69 Å². The number of rotatable bonds is 5. The van der Waals surface area contributed by atoms with Gasteiger partial charge in [0.2, 0.25) is 0 Å². The van der Waals surface area contributed by atoms with E-state index in [1.165, 1.54) is 36.2 Å². The van der Waals surface area contributed by atoms with E-state index >= 15 is 0 Å². The Morgan fingerprint density at radius 1 is 1.24 bits per heavy atom. The van der Waals surface area contributed by atoms with E-state index in [2.05, 4.69) is 61.3 Å². The minimum atomic E-state index is 0.663. The highest BCUT2D eigenvalue weighted by Gasteiger charge is 2.32. The van der Waals surface area contributed by atoms with Gasteiger partial charge in [0.15, 0.2) is 0 Å². The second-order valence-corrected chi connectivity index (χ2v) is 7.20. The predicted molar refractivity (Wildman–Crippen MR) is 89.9 cm³/mol. The summed E-state index contributed by atoms with van der Waals surface area (Å²) >= 11 is 0. The molecular weight excluding hydrogens is 258 g/mol. The molecule has 1 heterocycles. The van der Waals surface area contributed by atoms with Crippen molar-refractivity contribution in [2.75, 3.05) is 32.1 Å². The first-order valence-electron chi connectivity index (χ1n) is 8.29. The van der Waals surface area contributed by atoms with Crippen LogP contribution >= 0.6 is 0 Å². The summed E-state index contributed by atoms with van der Waals surface area (Å²) in [5, 5.41) is 3.67. The first-order chi connectivity index (χ1) is 10.0. The minimum Gasteiger partial charge on any atom is -0.369 e. The summed E-state index contributed by atoms with van der Waals surface area (Å²) in [6, 6.07) is 8.37. The number of nitrogens with one attached hydrogen (secondary N) is 1. The zero-order valence-electron chi connectivity index (χ0n) is 13.9. The van der Waals surface area contributed by atoms with Gasteiger partial charge in [-0.2, -0.15) is 0 Å². The summed E-state index contributed by atoms with van der Waals surface area (Å²) in [7, 11) is 4.41. The SMILES string of the molecule is Cc1ccc(N2CC(C)C(N(C)C)C2)c(CNC2CC2)c1. The molecular formula is C18H29N3. The van der Waals surface area contributed by atoms with E-state index in [-0.39, 0.29) is 0 Å². The van der Waals surface area contributed by atoms with Crippen LogP contribution in [0.15, 0.2) is 18.2 Å². The van der Waals surface area contributed by atoms with Crippen LogP contribution in [-0.2, 0) is 6.54 Å². The lowest BCUT2D eigenvalue weighted by atomic mass is 10.1. The standard InChI is InChI=1S/C18H29N3/c1-13-5-8-17(15(9-13)10-19-16-6-7-16)21-11-14(2)18(12-21)20(3)4/h5,8-9,14,16,18-19H,6-7,10-12H2,1-4H3. The Kier molecular flexibility index (Phi) is 4.23. The summed E-state index contributed by atoms with van der Waals surface area (Å²) in [5.74, 6) is 0.727. The van der Waals surface area contributed by atoms with Gasteiger partial charge in [-0.3, -0.25) is 0 Å². The van der Waals surface area contributed by atoms with Gasteiger partial charge in [0.25, 0.3) is 0 Å². The van der Waals surface area contributed by atoms with Gasteiger partial charge in [0, 0.05) is 37.4 Å². The second-order valence-electron chi connectivity index (χ2n) is 7.20. The van der Waals surface area contributed by atoms with E-state index in [1.807, 2.05) is 0 Å². The molecule has 1 saturated heterocycles. The maximum absolute atomic E-state index is 3.67. The van der Waals surface area contributed by atoms with E-state index in [1.54, 1.807) is 0 Å². The number of hydrogen-bond donors (Lipinski definition) is 1. The smallest absolute Gasteiger partial charge is 0.0412 e. The van der Waals surface area contributed by atoms with Crippen molar-refractivity contribution in [2.24, 2.45) is 5.92 Å². The Morgan fingerprint density at radius 3 is 2.62 bits per heavy atom. The van der Waals surface area contributed by atoms with Gasteiger partial charge in [0.05, 0.1) is 0 Å². The summed E-state index contributed by atoms with van der Waals surface area (Å²) in [6.07, 6.45) is 2.70. The van der Waals surface area contributed by atoms with Gasteiger partial charge in [0.1, 0.15) is 0 Å². The van der Waals surface area contributed by atoms with Crippen molar-refractivity contribution < 1.29 is 0 Å². The lowest BCUT2D eigenvalue weighted by molar-refractivity contribution is 0.266. The van der Waals surface area contributed by atoms with Crippen LogP contribution in [0, 0.1) is 12.8 Å². The molecule has 1 aromatic rings. The van der Waals surface area contributed by atoms with E-state index < -0.39 is 0 Å². The molecule has 1 aromatic carbocycles. The van der Waals surface area contributed by atoms with Crippen LogP contribution in [0.5, 0.6) is 0 Å². The molecule has 2 fully saturated rings. The van der Waals surface area contributed by atoms with Crippen LogP contribution in [0.3, 0.4) is 0 Å². The summed E-state index contributed by atoms with van der Waals surface area (Å²) in [5.41, 5.74) is 4.27. The fourth-order valence-electron chi connectivity index (χ4n) is 3.52. The average Bonchev–Trinajstić information content (AvgIpc) is 3.18. The Hall–Kier alpha value is -1.06. The topological polar surface area (TPSA) is 18.5 Å². The number of benzene rings is 1. The Morgan fingerprint density at radius 2 is 2.00 bits per heavy atom. The third-order valence-corrected chi connectivity index (χ3v) is 4.97. The summed E-state index contributed by atoms with van der Waals surface area (Å²) in [4.78, 5) is 4.96. The monoisotopic (exact) mass is 287 g/mol. The van der Waals surface area contributed by atoms with Crippen molar-refractivity contribution in [3.05, 3.63) is 29.3 Å². The van der Waals surface area contributed by atoms with Crippen LogP contribution in [0.2, 0.25) is 0 Å². The molecule has 0 amide bonds. The Balaban J connectivity index is 1.77. The van der Waals surface area contributed by atoms with Crippen molar-refractivity contribution in [1.82, 2.24) is 10.2 Å². The Labute approximate surface area is 129 Å². The molecule has 3 nitrogen and oxygen atoms in total. The number of hydrogen-bond acceptors (Lipinski definition) is 3. The normalized spacial score (nSPS) is 25.9. The summed E-state index contributed by atoms with van der Waals surface area (Å²) in [6.45, 7) is 7.90. The summed E-state index contributed by atoms with van der Waals surface area (Å²) < 4.78 is 0. The van der Waals surface area contributed by atoms with Gasteiger partial charge in [-0.15, -0.1) is 0 Å². The van der Waals surface area contributed by atoms with E-state index in [0.717, 1.165) is 25.0 Å². The quantitative estimate of drug-likeness (QED) is 0.898. The van der Waals surface area contributed by atoms with Gasteiger partial charge in [-0.05, 0) is 51.4 Å². The third-order valence-electron chi connectivity index (χ3n) is 4.97. The molecule has 21 heavy (non-hydrogen) atoms. The fraction of sp³-hybridized carbons (Fsp3) is 0.667. The predicted octanol–water partition coefficient (Wildman–Crippen LogP) is 2.63.